The van der Waals surface area contributed by atoms with Crippen LogP contribution in [0.4, 0.5) is 5.69 Å². The number of nitrogens with zero attached hydrogens (tertiary/aromatic N) is 1. The van der Waals surface area contributed by atoms with Gasteiger partial charge in [0.05, 0.1) is 23.4 Å². The van der Waals surface area contributed by atoms with Gasteiger partial charge in [0.25, 0.3) is 5.91 Å². The van der Waals surface area contributed by atoms with E-state index in [9.17, 15) is 4.79 Å². The van der Waals surface area contributed by atoms with Crippen LogP contribution in [0.25, 0.3) is 0 Å². The van der Waals surface area contributed by atoms with E-state index >= 15 is 0 Å². The molecule has 1 aromatic heterocycles. The molecule has 1 N–H and O–H groups in total. The highest BCUT2D eigenvalue weighted by molar-refractivity contribution is 6.32. The molecule has 0 bridgehead atoms. The Labute approximate surface area is 166 Å². The first kappa shape index (κ1) is 17.0. The average Bonchev–Trinajstić information content (AvgIpc) is 3.23. The molecule has 1 amide bonds. The van der Waals surface area contributed by atoms with Crippen LogP contribution in [0.5, 0.6) is 11.5 Å². The summed E-state index contributed by atoms with van der Waals surface area (Å²) in [6, 6.07) is 14.8. The summed E-state index contributed by atoms with van der Waals surface area (Å²) in [7, 11) is 0. The van der Waals surface area contributed by atoms with Gasteiger partial charge in [-0.3, -0.25) is 4.79 Å². The fraction of sp³-hybridized carbons (Fsp3) is 0.190. The van der Waals surface area contributed by atoms with Crippen molar-refractivity contribution in [3.05, 3.63) is 76.7 Å². The van der Waals surface area contributed by atoms with Gasteiger partial charge in [-0.15, -0.1) is 0 Å². The van der Waals surface area contributed by atoms with Gasteiger partial charge in [0.1, 0.15) is 25.1 Å². The van der Waals surface area contributed by atoms with E-state index in [1.165, 1.54) is 0 Å². The molecule has 142 valence electrons. The maximum Gasteiger partial charge on any atom is 0.258 e. The van der Waals surface area contributed by atoms with Crippen molar-refractivity contribution in [2.45, 2.75) is 12.7 Å². The van der Waals surface area contributed by atoms with Crippen molar-refractivity contribution < 1.29 is 18.7 Å². The zero-order valence-electron chi connectivity index (χ0n) is 14.9. The van der Waals surface area contributed by atoms with Gasteiger partial charge in [-0.1, -0.05) is 23.7 Å². The monoisotopic (exact) mass is 396 g/mol. The largest absolute Gasteiger partial charge is 0.486 e. The minimum Gasteiger partial charge on any atom is -0.486 e. The lowest BCUT2D eigenvalue weighted by Crippen LogP contribution is -2.42. The van der Waals surface area contributed by atoms with E-state index in [4.69, 9.17) is 25.5 Å². The molecule has 0 fully saturated rings. The van der Waals surface area contributed by atoms with E-state index in [-0.39, 0.29) is 5.91 Å². The molecule has 2 aliphatic heterocycles. The summed E-state index contributed by atoms with van der Waals surface area (Å²) < 4.78 is 16.8. The van der Waals surface area contributed by atoms with E-state index in [2.05, 4.69) is 5.32 Å². The molecular formula is C21H17ClN2O4. The number of nitrogens with one attached hydrogen (secondary N) is 1. The number of anilines is 1. The van der Waals surface area contributed by atoms with E-state index in [0.29, 0.717) is 47.6 Å². The Morgan fingerprint density at radius 1 is 1.11 bits per heavy atom. The Balaban J connectivity index is 1.59. The summed E-state index contributed by atoms with van der Waals surface area (Å²) in [6.45, 7) is 1.25. The third-order valence-corrected chi connectivity index (χ3v) is 5.14. The lowest BCUT2D eigenvalue weighted by molar-refractivity contribution is 0.0651. The summed E-state index contributed by atoms with van der Waals surface area (Å²) in [6.07, 6.45) is 1.17. The summed E-state index contributed by atoms with van der Waals surface area (Å²) >= 11 is 6.44. The van der Waals surface area contributed by atoms with Gasteiger partial charge in [0.2, 0.25) is 0 Å². The van der Waals surface area contributed by atoms with Crippen molar-refractivity contribution in [3.63, 3.8) is 0 Å². The number of amides is 1. The maximum absolute atomic E-state index is 13.3. The fourth-order valence-corrected chi connectivity index (χ4v) is 3.85. The number of hydrogen-bond acceptors (Lipinski definition) is 5. The SMILES string of the molecule is O=C1c2ccccc2N[C@@H](c2cc(Cl)c3c(c2)OCCO3)N1Cc1ccco1. The molecule has 5 rings (SSSR count). The number of carbonyl (C=O) groups excluding carboxylic acids is 1. The maximum atomic E-state index is 13.3. The minimum atomic E-state index is -0.430. The van der Waals surface area contributed by atoms with Gasteiger partial charge < -0.3 is 24.1 Å². The molecule has 0 spiro atoms. The number of rotatable bonds is 3. The molecule has 2 aromatic carbocycles. The molecule has 3 heterocycles. The zero-order valence-corrected chi connectivity index (χ0v) is 15.6. The van der Waals surface area contributed by atoms with Crippen LogP contribution in [0.1, 0.15) is 27.8 Å². The normalized spacial score (nSPS) is 17.8. The highest BCUT2D eigenvalue weighted by atomic mass is 35.5. The van der Waals surface area contributed by atoms with Crippen molar-refractivity contribution in [3.8, 4) is 11.5 Å². The third-order valence-electron chi connectivity index (χ3n) is 4.86. The van der Waals surface area contributed by atoms with E-state index in [1.807, 2.05) is 42.5 Å². The smallest absolute Gasteiger partial charge is 0.258 e. The Morgan fingerprint density at radius 3 is 2.82 bits per heavy atom. The number of halogens is 1. The van der Waals surface area contributed by atoms with Crippen molar-refractivity contribution in [1.29, 1.82) is 0 Å². The van der Waals surface area contributed by atoms with E-state index in [0.717, 1.165) is 11.3 Å². The Morgan fingerprint density at radius 2 is 1.96 bits per heavy atom. The van der Waals surface area contributed by atoms with Gasteiger partial charge in [0.15, 0.2) is 11.5 Å². The van der Waals surface area contributed by atoms with Gasteiger partial charge in [-0.05, 0) is 36.4 Å². The molecule has 28 heavy (non-hydrogen) atoms. The number of hydrogen-bond donors (Lipinski definition) is 1. The lowest BCUT2D eigenvalue weighted by atomic mass is 10.0. The number of para-hydroxylation sites is 1. The molecule has 0 aliphatic carbocycles. The number of ether oxygens (including phenoxy) is 2. The fourth-order valence-electron chi connectivity index (χ4n) is 3.58. The van der Waals surface area contributed by atoms with Crippen LogP contribution < -0.4 is 14.8 Å². The van der Waals surface area contributed by atoms with Crippen LogP contribution in [0.15, 0.2) is 59.2 Å². The Hall–Kier alpha value is -3.12. The second-order valence-corrected chi connectivity index (χ2v) is 7.04. The highest BCUT2D eigenvalue weighted by Gasteiger charge is 2.34. The summed E-state index contributed by atoms with van der Waals surface area (Å²) in [5, 5.41) is 3.91. The van der Waals surface area contributed by atoms with Gasteiger partial charge in [0, 0.05) is 11.3 Å². The van der Waals surface area contributed by atoms with Crippen molar-refractivity contribution >= 4 is 23.2 Å². The molecule has 0 saturated carbocycles. The van der Waals surface area contributed by atoms with Gasteiger partial charge >= 0.3 is 0 Å². The summed E-state index contributed by atoms with van der Waals surface area (Å²) in [5.74, 6) is 1.74. The molecule has 0 radical (unpaired) electrons. The van der Waals surface area contributed by atoms with E-state index in [1.54, 1.807) is 17.2 Å². The molecule has 1 atom stereocenters. The zero-order chi connectivity index (χ0) is 19.1. The second-order valence-electron chi connectivity index (χ2n) is 6.63. The van der Waals surface area contributed by atoms with Gasteiger partial charge in [-0.2, -0.15) is 0 Å². The Bertz CT molecular complexity index is 1030. The number of benzene rings is 2. The first-order chi connectivity index (χ1) is 13.7. The first-order valence-corrected chi connectivity index (χ1v) is 9.36. The van der Waals surface area contributed by atoms with Crippen LogP contribution in [-0.2, 0) is 6.54 Å². The number of fused-ring (bicyclic) bond motifs is 2. The molecule has 6 nitrogen and oxygen atoms in total. The van der Waals surface area contributed by atoms with Crippen LogP contribution in [0, 0.1) is 0 Å². The molecule has 0 unspecified atom stereocenters. The highest BCUT2D eigenvalue weighted by Crippen LogP contribution is 2.42. The lowest BCUT2D eigenvalue weighted by Gasteiger charge is -2.38. The molecular weight excluding hydrogens is 380 g/mol. The Kier molecular flexibility index (Phi) is 4.13. The van der Waals surface area contributed by atoms with Crippen molar-refractivity contribution in [1.82, 2.24) is 4.90 Å². The van der Waals surface area contributed by atoms with Crippen LogP contribution in [-0.4, -0.2) is 24.0 Å². The van der Waals surface area contributed by atoms with Crippen LogP contribution in [0.3, 0.4) is 0 Å². The van der Waals surface area contributed by atoms with Crippen LogP contribution >= 0.6 is 11.6 Å². The molecule has 7 heteroatoms. The average molecular weight is 397 g/mol. The van der Waals surface area contributed by atoms with Crippen molar-refractivity contribution in [2.75, 3.05) is 18.5 Å². The van der Waals surface area contributed by atoms with Crippen molar-refractivity contribution in [2.24, 2.45) is 0 Å². The summed E-state index contributed by atoms with van der Waals surface area (Å²) in [5.41, 5.74) is 2.21. The predicted octanol–water partition coefficient (Wildman–Crippen LogP) is 4.47. The number of carbonyl (C=O) groups is 1. The molecule has 3 aromatic rings. The number of furan rings is 1. The minimum absolute atomic E-state index is 0.0817. The standard InChI is InChI=1S/C21H17ClN2O4/c22-16-10-13(11-18-19(16)28-9-8-27-18)20-23-17-6-2-1-5-15(17)21(25)24(20)12-14-4-3-7-26-14/h1-7,10-11,20,23H,8-9,12H2/t20-/m1/s1. The molecule has 0 saturated heterocycles. The van der Waals surface area contributed by atoms with Crippen LogP contribution in [0.2, 0.25) is 5.02 Å². The molecule has 2 aliphatic rings. The third kappa shape index (κ3) is 2.86. The van der Waals surface area contributed by atoms with Gasteiger partial charge in [-0.25, -0.2) is 0 Å². The summed E-state index contributed by atoms with van der Waals surface area (Å²) in [4.78, 5) is 15.0. The first-order valence-electron chi connectivity index (χ1n) is 8.98. The quantitative estimate of drug-likeness (QED) is 0.707. The predicted molar refractivity (Wildman–Crippen MR) is 104 cm³/mol. The topological polar surface area (TPSA) is 63.9 Å². The second kappa shape index (κ2) is 6.80. The van der Waals surface area contributed by atoms with E-state index < -0.39 is 6.17 Å².